The minimum Gasteiger partial charge on any atom is -0.465 e. The zero-order valence-electron chi connectivity index (χ0n) is 8.64. The number of hydrogen-bond acceptors (Lipinski definition) is 3. The highest BCUT2D eigenvalue weighted by Crippen LogP contribution is 2.32. The quantitative estimate of drug-likeness (QED) is 0.834. The molecule has 0 aliphatic carbocycles. The summed E-state index contributed by atoms with van der Waals surface area (Å²) in [5, 5.41) is 2.64. The molecule has 0 radical (unpaired) electrons. The number of esters is 1. The van der Waals surface area contributed by atoms with E-state index >= 15 is 0 Å². The molecule has 1 N–H and O–H groups in total. The summed E-state index contributed by atoms with van der Waals surface area (Å²) in [7, 11) is 1.31. The maximum Gasteiger partial charge on any atom is 0.337 e. The number of benzene rings is 1. The van der Waals surface area contributed by atoms with Crippen molar-refractivity contribution in [3.63, 3.8) is 0 Å². The van der Waals surface area contributed by atoms with Crippen molar-refractivity contribution in [3.05, 3.63) is 26.6 Å². The summed E-state index contributed by atoms with van der Waals surface area (Å²) in [5.41, 5.74) is 0.982. The van der Waals surface area contributed by atoms with E-state index in [4.69, 9.17) is 0 Å². The third-order valence-electron chi connectivity index (χ3n) is 1.76. The Balaban J connectivity index is 3.17. The zero-order chi connectivity index (χ0) is 12.3. The molecule has 0 unspecified atom stereocenters. The van der Waals surface area contributed by atoms with E-state index in [1.165, 1.54) is 14.0 Å². The number of halogens is 2. The first-order valence-electron chi connectivity index (χ1n) is 4.30. The second-order valence-corrected chi connectivity index (χ2v) is 4.70. The Morgan fingerprint density at radius 2 is 1.75 bits per heavy atom. The fourth-order valence-corrected chi connectivity index (χ4v) is 2.49. The second-order valence-electron chi connectivity index (χ2n) is 2.99. The molecule has 6 heteroatoms. The van der Waals surface area contributed by atoms with Gasteiger partial charge in [-0.1, -0.05) is 0 Å². The summed E-state index contributed by atoms with van der Waals surface area (Å²) in [6.45, 7) is 1.41. The third-order valence-corrected chi connectivity index (χ3v) is 3.02. The maximum absolute atomic E-state index is 11.3. The zero-order valence-corrected chi connectivity index (χ0v) is 11.8. The average molecular weight is 351 g/mol. The molecule has 0 aromatic heterocycles. The molecule has 0 fully saturated rings. The molecule has 0 bridgehead atoms. The number of carbonyl (C=O) groups excluding carboxylic acids is 2. The van der Waals surface area contributed by atoms with Crippen LogP contribution in [0, 0.1) is 0 Å². The molecule has 0 heterocycles. The molecule has 0 atom stereocenters. The van der Waals surface area contributed by atoms with Gasteiger partial charge in [-0.15, -0.1) is 0 Å². The predicted molar refractivity (Wildman–Crippen MR) is 67.5 cm³/mol. The van der Waals surface area contributed by atoms with Gasteiger partial charge >= 0.3 is 5.97 Å². The fourth-order valence-electron chi connectivity index (χ4n) is 1.10. The summed E-state index contributed by atoms with van der Waals surface area (Å²) in [6, 6.07) is 3.17. The number of ether oxygens (including phenoxy) is 1. The molecule has 0 aliphatic heterocycles. The minimum atomic E-state index is -0.434. The first-order valence-corrected chi connectivity index (χ1v) is 5.89. The van der Waals surface area contributed by atoms with Crippen LogP contribution < -0.4 is 5.32 Å². The Bertz CT molecular complexity index is 423. The van der Waals surface area contributed by atoms with Gasteiger partial charge in [0.05, 0.1) is 18.4 Å². The van der Waals surface area contributed by atoms with Crippen LogP contribution in [0.2, 0.25) is 0 Å². The first kappa shape index (κ1) is 13.2. The van der Waals surface area contributed by atoms with Gasteiger partial charge in [-0.05, 0) is 44.0 Å². The molecule has 1 amide bonds. The Labute approximate surface area is 110 Å². The van der Waals surface area contributed by atoms with E-state index in [0.717, 1.165) is 0 Å². The largest absolute Gasteiger partial charge is 0.465 e. The molecular formula is C10H9Br2NO3. The lowest BCUT2D eigenvalue weighted by Crippen LogP contribution is -2.08. The molecule has 16 heavy (non-hydrogen) atoms. The average Bonchev–Trinajstić information content (AvgIpc) is 2.21. The normalized spacial score (nSPS) is 9.75. The summed E-state index contributed by atoms with van der Waals surface area (Å²) < 4.78 is 5.82. The van der Waals surface area contributed by atoms with Gasteiger partial charge in [-0.25, -0.2) is 4.79 Å². The standard InChI is InChI=1S/C10H9Br2NO3/c1-5(14)13-9-7(11)3-6(4-8(9)12)10(15)16-2/h3-4H,1-2H3,(H,13,14). The summed E-state index contributed by atoms with van der Waals surface area (Å²) in [5.74, 6) is -0.622. The smallest absolute Gasteiger partial charge is 0.337 e. The van der Waals surface area contributed by atoms with Crippen molar-refractivity contribution >= 4 is 49.4 Å². The Morgan fingerprint density at radius 1 is 1.25 bits per heavy atom. The number of hydrogen-bond donors (Lipinski definition) is 1. The van der Waals surface area contributed by atoms with Crippen LogP contribution in [0.15, 0.2) is 21.1 Å². The van der Waals surface area contributed by atoms with E-state index in [9.17, 15) is 9.59 Å². The highest BCUT2D eigenvalue weighted by atomic mass is 79.9. The predicted octanol–water partition coefficient (Wildman–Crippen LogP) is 2.96. The van der Waals surface area contributed by atoms with E-state index in [1.54, 1.807) is 12.1 Å². The molecule has 0 saturated carbocycles. The lowest BCUT2D eigenvalue weighted by Gasteiger charge is -2.09. The van der Waals surface area contributed by atoms with E-state index in [-0.39, 0.29) is 5.91 Å². The van der Waals surface area contributed by atoms with E-state index < -0.39 is 5.97 Å². The number of methoxy groups -OCH3 is 1. The Hall–Kier alpha value is -0.880. The highest BCUT2D eigenvalue weighted by molar-refractivity contribution is 9.11. The fraction of sp³-hybridized carbons (Fsp3) is 0.200. The number of rotatable bonds is 2. The first-order chi connectivity index (χ1) is 7.45. The van der Waals surface area contributed by atoms with Crippen LogP contribution in [0.5, 0.6) is 0 Å². The van der Waals surface area contributed by atoms with E-state index in [2.05, 4.69) is 41.9 Å². The van der Waals surface area contributed by atoms with Crippen molar-refractivity contribution in [2.45, 2.75) is 6.92 Å². The molecule has 4 nitrogen and oxygen atoms in total. The molecule has 1 rings (SSSR count). The molecular weight excluding hydrogens is 342 g/mol. The van der Waals surface area contributed by atoms with Crippen LogP contribution in [0.25, 0.3) is 0 Å². The number of nitrogens with one attached hydrogen (secondary N) is 1. The molecule has 1 aromatic carbocycles. The van der Waals surface area contributed by atoms with Crippen LogP contribution in [0.4, 0.5) is 5.69 Å². The van der Waals surface area contributed by atoms with Gasteiger partial charge in [0, 0.05) is 15.9 Å². The van der Waals surface area contributed by atoms with Gasteiger partial charge in [0.2, 0.25) is 5.91 Å². The van der Waals surface area contributed by atoms with Crippen molar-refractivity contribution in [3.8, 4) is 0 Å². The lowest BCUT2D eigenvalue weighted by molar-refractivity contribution is -0.114. The third kappa shape index (κ3) is 3.05. The van der Waals surface area contributed by atoms with Gasteiger partial charge in [0.25, 0.3) is 0 Å². The van der Waals surface area contributed by atoms with Crippen molar-refractivity contribution in [2.75, 3.05) is 12.4 Å². The van der Waals surface area contributed by atoms with Crippen LogP contribution in [-0.4, -0.2) is 19.0 Å². The summed E-state index contributed by atoms with van der Waals surface area (Å²) >= 11 is 6.54. The van der Waals surface area contributed by atoms with Crippen LogP contribution in [-0.2, 0) is 9.53 Å². The summed E-state index contributed by atoms with van der Waals surface area (Å²) in [4.78, 5) is 22.2. The molecule has 0 spiro atoms. The second kappa shape index (κ2) is 5.45. The number of anilines is 1. The SMILES string of the molecule is COC(=O)c1cc(Br)c(NC(C)=O)c(Br)c1. The molecule has 1 aromatic rings. The highest BCUT2D eigenvalue weighted by Gasteiger charge is 2.13. The topological polar surface area (TPSA) is 55.4 Å². The van der Waals surface area contributed by atoms with Gasteiger partial charge in [-0.2, -0.15) is 0 Å². The monoisotopic (exact) mass is 349 g/mol. The van der Waals surface area contributed by atoms with Gasteiger partial charge in [0.1, 0.15) is 0 Å². The number of carbonyl (C=O) groups is 2. The van der Waals surface area contributed by atoms with Gasteiger partial charge in [-0.3, -0.25) is 4.79 Å². The summed E-state index contributed by atoms with van der Waals surface area (Å²) in [6.07, 6.45) is 0. The Morgan fingerprint density at radius 3 is 2.12 bits per heavy atom. The van der Waals surface area contributed by atoms with Crippen molar-refractivity contribution in [1.82, 2.24) is 0 Å². The van der Waals surface area contributed by atoms with Crippen LogP contribution >= 0.6 is 31.9 Å². The molecule has 0 saturated heterocycles. The van der Waals surface area contributed by atoms with Gasteiger partial charge in [0.15, 0.2) is 0 Å². The van der Waals surface area contributed by atoms with Crippen molar-refractivity contribution in [1.29, 1.82) is 0 Å². The van der Waals surface area contributed by atoms with Crippen molar-refractivity contribution < 1.29 is 14.3 Å². The van der Waals surface area contributed by atoms with Crippen molar-refractivity contribution in [2.24, 2.45) is 0 Å². The minimum absolute atomic E-state index is 0.188. The van der Waals surface area contributed by atoms with Crippen LogP contribution in [0.1, 0.15) is 17.3 Å². The number of amides is 1. The molecule has 0 aliphatic rings. The van der Waals surface area contributed by atoms with E-state index in [0.29, 0.717) is 20.2 Å². The van der Waals surface area contributed by atoms with Gasteiger partial charge < -0.3 is 10.1 Å². The van der Waals surface area contributed by atoms with Crippen LogP contribution in [0.3, 0.4) is 0 Å². The molecule has 86 valence electrons. The maximum atomic E-state index is 11.3. The lowest BCUT2D eigenvalue weighted by atomic mass is 10.2. The van der Waals surface area contributed by atoms with E-state index in [1.807, 2.05) is 0 Å². The Kier molecular flexibility index (Phi) is 4.49.